The van der Waals surface area contributed by atoms with Crippen LogP contribution in [0.25, 0.3) is 0 Å². The third-order valence-corrected chi connectivity index (χ3v) is 2.84. The summed E-state index contributed by atoms with van der Waals surface area (Å²) in [4.78, 5) is 11.1. The molecule has 0 aliphatic heterocycles. The summed E-state index contributed by atoms with van der Waals surface area (Å²) in [7, 11) is 1.57. The Bertz CT molecular complexity index is 459. The monoisotopic (exact) mass is 298 g/mol. The highest BCUT2D eigenvalue weighted by Gasteiger charge is 2.15. The molecule has 2 unspecified atom stereocenters. The van der Waals surface area contributed by atoms with Crippen molar-refractivity contribution in [2.75, 3.05) is 26.9 Å². The van der Waals surface area contributed by atoms with Crippen molar-refractivity contribution in [1.29, 1.82) is 0 Å². The van der Waals surface area contributed by atoms with Crippen LogP contribution in [-0.4, -0.2) is 55.3 Å². The summed E-state index contributed by atoms with van der Waals surface area (Å²) in [5.41, 5.74) is 0.784. The molecule has 0 spiro atoms. The van der Waals surface area contributed by atoms with Crippen molar-refractivity contribution in [2.24, 2.45) is 0 Å². The van der Waals surface area contributed by atoms with Crippen LogP contribution in [0.15, 0.2) is 18.2 Å². The number of carboxylic acid groups (broad SMARTS) is 1. The molecule has 0 aliphatic carbocycles. The highest BCUT2D eigenvalue weighted by molar-refractivity contribution is 5.91. The van der Waals surface area contributed by atoms with Crippen molar-refractivity contribution in [1.82, 2.24) is 0 Å². The molecule has 0 fully saturated rings. The fraction of sp³-hybridized carbons (Fsp3) is 0.533. The topological polar surface area (TPSA) is 85.2 Å². The van der Waals surface area contributed by atoms with E-state index in [9.17, 15) is 9.90 Å². The Hall–Kier alpha value is -1.63. The molecular weight excluding hydrogens is 276 g/mol. The zero-order chi connectivity index (χ0) is 15.8. The number of aryl methyl sites for hydroxylation is 1. The number of aromatic carboxylic acids is 1. The molecule has 0 saturated carbocycles. The van der Waals surface area contributed by atoms with Crippen molar-refractivity contribution in [3.05, 3.63) is 29.3 Å². The van der Waals surface area contributed by atoms with Crippen molar-refractivity contribution in [3.63, 3.8) is 0 Å². The zero-order valence-corrected chi connectivity index (χ0v) is 12.5. The molecule has 1 rings (SSSR count). The largest absolute Gasteiger partial charge is 0.490 e. The van der Waals surface area contributed by atoms with E-state index in [-0.39, 0.29) is 30.6 Å². The van der Waals surface area contributed by atoms with Gasteiger partial charge in [-0.05, 0) is 25.5 Å². The van der Waals surface area contributed by atoms with Crippen molar-refractivity contribution >= 4 is 5.97 Å². The molecule has 1 aromatic carbocycles. The number of aliphatic hydroxyl groups is 1. The quantitative estimate of drug-likeness (QED) is 0.718. The number of carbonyl (C=O) groups is 1. The van der Waals surface area contributed by atoms with Gasteiger partial charge in [0.1, 0.15) is 24.0 Å². The Morgan fingerprint density at radius 1 is 1.29 bits per heavy atom. The molecule has 0 heterocycles. The summed E-state index contributed by atoms with van der Waals surface area (Å²) in [6, 6.07) is 4.87. The van der Waals surface area contributed by atoms with E-state index in [4.69, 9.17) is 19.3 Å². The molecule has 0 saturated heterocycles. The third kappa shape index (κ3) is 5.71. The van der Waals surface area contributed by atoms with Crippen LogP contribution in [0.3, 0.4) is 0 Å². The molecule has 6 nitrogen and oxygen atoms in total. The average Bonchev–Trinajstić information content (AvgIpc) is 2.43. The SMILES string of the molecule is COCC(C)OCC(O)COc1c(C)cccc1C(=O)O. The van der Waals surface area contributed by atoms with E-state index in [2.05, 4.69) is 0 Å². The van der Waals surface area contributed by atoms with Gasteiger partial charge in [0.2, 0.25) is 0 Å². The highest BCUT2D eigenvalue weighted by atomic mass is 16.5. The predicted octanol–water partition coefficient (Wildman–Crippen LogP) is 1.48. The third-order valence-electron chi connectivity index (χ3n) is 2.84. The van der Waals surface area contributed by atoms with E-state index >= 15 is 0 Å². The van der Waals surface area contributed by atoms with Gasteiger partial charge in [0.15, 0.2) is 0 Å². The van der Waals surface area contributed by atoms with E-state index in [0.29, 0.717) is 12.2 Å². The van der Waals surface area contributed by atoms with Crippen LogP contribution in [0.5, 0.6) is 5.75 Å². The molecule has 21 heavy (non-hydrogen) atoms. The first-order valence-corrected chi connectivity index (χ1v) is 6.70. The lowest BCUT2D eigenvalue weighted by Crippen LogP contribution is -2.27. The summed E-state index contributed by atoms with van der Waals surface area (Å²) in [6.07, 6.45) is -0.969. The fourth-order valence-electron chi connectivity index (χ4n) is 1.80. The second kappa shape index (κ2) is 8.61. The van der Waals surface area contributed by atoms with Crippen molar-refractivity contribution in [2.45, 2.75) is 26.1 Å². The van der Waals surface area contributed by atoms with Crippen LogP contribution >= 0.6 is 0 Å². The summed E-state index contributed by atoms with van der Waals surface area (Å²) < 4.78 is 15.7. The molecule has 0 amide bonds. The molecule has 118 valence electrons. The van der Waals surface area contributed by atoms with Gasteiger partial charge in [-0.2, -0.15) is 0 Å². The minimum absolute atomic E-state index is 0.0369. The maximum Gasteiger partial charge on any atom is 0.339 e. The standard InChI is InChI=1S/C15H22O6/c1-10-5-4-6-13(15(17)18)14(10)21-9-12(16)8-20-11(2)7-19-3/h4-6,11-12,16H,7-9H2,1-3H3,(H,17,18). The molecule has 2 N–H and O–H groups in total. The Morgan fingerprint density at radius 3 is 2.62 bits per heavy atom. The van der Waals surface area contributed by atoms with Crippen LogP contribution in [0, 0.1) is 6.92 Å². The summed E-state index contributed by atoms with van der Waals surface area (Å²) in [5.74, 6) is -0.790. The van der Waals surface area contributed by atoms with Gasteiger partial charge in [-0.15, -0.1) is 0 Å². The highest BCUT2D eigenvalue weighted by Crippen LogP contribution is 2.23. The predicted molar refractivity (Wildman–Crippen MR) is 76.9 cm³/mol. The number of carboxylic acids is 1. The molecule has 0 aliphatic rings. The molecule has 0 aromatic heterocycles. The average molecular weight is 298 g/mol. The molecule has 0 radical (unpaired) electrons. The maximum absolute atomic E-state index is 11.1. The number of para-hydroxylation sites is 1. The number of hydrogen-bond donors (Lipinski definition) is 2. The first-order valence-electron chi connectivity index (χ1n) is 6.70. The number of ether oxygens (including phenoxy) is 3. The second-order valence-electron chi connectivity index (χ2n) is 4.82. The van der Waals surface area contributed by atoms with Crippen LogP contribution in [-0.2, 0) is 9.47 Å². The Kier molecular flexibility index (Phi) is 7.14. The van der Waals surface area contributed by atoms with Gasteiger partial charge >= 0.3 is 5.97 Å². The molecule has 6 heteroatoms. The number of benzene rings is 1. The number of rotatable bonds is 9. The lowest BCUT2D eigenvalue weighted by atomic mass is 10.1. The van der Waals surface area contributed by atoms with E-state index in [1.54, 1.807) is 26.2 Å². The number of hydrogen-bond acceptors (Lipinski definition) is 5. The number of aliphatic hydroxyl groups excluding tert-OH is 1. The normalized spacial score (nSPS) is 13.7. The second-order valence-corrected chi connectivity index (χ2v) is 4.82. The minimum atomic E-state index is -1.06. The van der Waals surface area contributed by atoms with Gasteiger partial charge in [-0.3, -0.25) is 0 Å². The van der Waals surface area contributed by atoms with E-state index in [1.807, 2.05) is 6.92 Å². The van der Waals surface area contributed by atoms with Crippen LogP contribution in [0.1, 0.15) is 22.8 Å². The van der Waals surface area contributed by atoms with Crippen LogP contribution in [0.4, 0.5) is 0 Å². The minimum Gasteiger partial charge on any atom is -0.490 e. The van der Waals surface area contributed by atoms with Gasteiger partial charge < -0.3 is 24.4 Å². The first kappa shape index (κ1) is 17.4. The maximum atomic E-state index is 11.1. The van der Waals surface area contributed by atoms with Gasteiger partial charge in [-0.1, -0.05) is 12.1 Å². The Morgan fingerprint density at radius 2 is 2.00 bits per heavy atom. The van der Waals surface area contributed by atoms with Crippen molar-refractivity contribution < 1.29 is 29.2 Å². The molecule has 1 aromatic rings. The Labute approximate surface area is 124 Å². The van der Waals surface area contributed by atoms with E-state index in [1.165, 1.54) is 6.07 Å². The lowest BCUT2D eigenvalue weighted by molar-refractivity contribution is -0.0424. The van der Waals surface area contributed by atoms with E-state index < -0.39 is 12.1 Å². The first-order chi connectivity index (χ1) is 9.95. The fourth-order valence-corrected chi connectivity index (χ4v) is 1.80. The van der Waals surface area contributed by atoms with Gasteiger partial charge in [0, 0.05) is 7.11 Å². The van der Waals surface area contributed by atoms with Gasteiger partial charge in [-0.25, -0.2) is 4.79 Å². The van der Waals surface area contributed by atoms with Crippen molar-refractivity contribution in [3.8, 4) is 5.75 Å². The smallest absolute Gasteiger partial charge is 0.339 e. The van der Waals surface area contributed by atoms with Crippen LogP contribution < -0.4 is 4.74 Å². The molecular formula is C15H22O6. The molecule has 0 bridgehead atoms. The Balaban J connectivity index is 2.53. The van der Waals surface area contributed by atoms with E-state index in [0.717, 1.165) is 0 Å². The van der Waals surface area contributed by atoms with Gasteiger partial charge in [0.05, 0.1) is 19.3 Å². The summed E-state index contributed by atoms with van der Waals surface area (Å²) in [5, 5.41) is 18.9. The molecule has 2 atom stereocenters. The van der Waals surface area contributed by atoms with Gasteiger partial charge in [0.25, 0.3) is 0 Å². The van der Waals surface area contributed by atoms with Crippen LogP contribution in [0.2, 0.25) is 0 Å². The summed E-state index contributed by atoms with van der Waals surface area (Å²) in [6.45, 7) is 4.09. The zero-order valence-electron chi connectivity index (χ0n) is 12.5. The lowest BCUT2D eigenvalue weighted by Gasteiger charge is -2.18. The number of methoxy groups -OCH3 is 1. The summed E-state index contributed by atoms with van der Waals surface area (Å²) >= 11 is 0.